The number of anilines is 3. The largest absolute Gasteiger partial charge is 0.416 e. The van der Waals surface area contributed by atoms with Crippen LogP contribution < -0.4 is 21.1 Å². The molecule has 6 rings (SSSR count). The molecule has 2 N–H and O–H groups in total. The maximum Gasteiger partial charge on any atom is 0.416 e. The van der Waals surface area contributed by atoms with Crippen LogP contribution in [0.5, 0.6) is 0 Å². The molecule has 1 saturated heterocycles. The van der Waals surface area contributed by atoms with Crippen LogP contribution in [0.3, 0.4) is 0 Å². The van der Waals surface area contributed by atoms with Crippen molar-refractivity contribution in [2.24, 2.45) is 5.92 Å². The molecule has 2 amide bonds. The summed E-state index contributed by atoms with van der Waals surface area (Å²) in [5.41, 5.74) is 0.577. The van der Waals surface area contributed by atoms with Crippen molar-refractivity contribution in [2.75, 3.05) is 28.6 Å². The number of carbonyl (C=O) groups is 2. The highest BCUT2D eigenvalue weighted by atomic mass is 19.4. The Kier molecular flexibility index (Phi) is 7.25. The SMILES string of the molecule is O=C(Nc1ccccc1F)c1ccc(N2CC3CC(C2)c2cccc(=O)n2C3)c(NC(=O)c2cccc(C(F)(F)F)c2)c1. The molecule has 11 heteroatoms. The van der Waals surface area contributed by atoms with Crippen LogP contribution in [0.4, 0.5) is 34.6 Å². The van der Waals surface area contributed by atoms with Gasteiger partial charge >= 0.3 is 6.18 Å². The van der Waals surface area contributed by atoms with Gasteiger partial charge in [-0.2, -0.15) is 13.2 Å². The molecule has 2 atom stereocenters. The van der Waals surface area contributed by atoms with Gasteiger partial charge in [-0.25, -0.2) is 4.39 Å². The van der Waals surface area contributed by atoms with Crippen LogP contribution in [0.1, 0.15) is 44.3 Å². The van der Waals surface area contributed by atoms with Crippen LogP contribution in [0.15, 0.2) is 89.7 Å². The van der Waals surface area contributed by atoms with Gasteiger partial charge in [-0.15, -0.1) is 0 Å². The molecular formula is C32H26F4N4O3. The number of fused-ring (bicyclic) bond motifs is 4. The maximum atomic E-state index is 14.2. The summed E-state index contributed by atoms with van der Waals surface area (Å²) in [5, 5.41) is 5.22. The molecule has 1 fully saturated rings. The highest BCUT2D eigenvalue weighted by Gasteiger charge is 2.36. The number of nitrogens with zero attached hydrogens (tertiary/aromatic N) is 2. The second-order valence-corrected chi connectivity index (χ2v) is 10.8. The average molecular weight is 591 g/mol. The van der Waals surface area contributed by atoms with Gasteiger partial charge in [0.05, 0.1) is 22.6 Å². The topological polar surface area (TPSA) is 83.4 Å². The molecule has 4 aromatic rings. The van der Waals surface area contributed by atoms with Crippen LogP contribution in [0.25, 0.3) is 0 Å². The van der Waals surface area contributed by atoms with E-state index in [1.165, 1.54) is 36.4 Å². The second-order valence-electron chi connectivity index (χ2n) is 10.8. The molecule has 0 spiro atoms. The lowest BCUT2D eigenvalue weighted by Crippen LogP contribution is -2.47. The second kappa shape index (κ2) is 11.0. The average Bonchev–Trinajstić information content (AvgIpc) is 2.98. The van der Waals surface area contributed by atoms with Crippen molar-refractivity contribution < 1.29 is 27.2 Å². The van der Waals surface area contributed by atoms with Crippen LogP contribution in [0, 0.1) is 11.7 Å². The fraction of sp³-hybridized carbons (Fsp3) is 0.219. The minimum absolute atomic E-state index is 0.0242. The summed E-state index contributed by atoms with van der Waals surface area (Å²) in [6, 6.07) is 19.6. The van der Waals surface area contributed by atoms with E-state index in [4.69, 9.17) is 0 Å². The summed E-state index contributed by atoms with van der Waals surface area (Å²) < 4.78 is 56.0. The number of halogens is 4. The van der Waals surface area contributed by atoms with E-state index in [-0.39, 0.29) is 39.9 Å². The molecule has 1 aromatic heterocycles. The van der Waals surface area contributed by atoms with Crippen molar-refractivity contribution in [3.63, 3.8) is 0 Å². The Bertz CT molecular complexity index is 1790. The number of piperidine rings is 1. The summed E-state index contributed by atoms with van der Waals surface area (Å²) in [5.74, 6) is -1.85. The van der Waals surface area contributed by atoms with Crippen molar-refractivity contribution in [1.29, 1.82) is 0 Å². The number of hydrogen-bond acceptors (Lipinski definition) is 4. The first-order chi connectivity index (χ1) is 20.6. The first kappa shape index (κ1) is 28.2. The highest BCUT2D eigenvalue weighted by Crippen LogP contribution is 2.39. The monoisotopic (exact) mass is 590 g/mol. The molecule has 0 radical (unpaired) electrons. The van der Waals surface area contributed by atoms with Gasteiger partial charge < -0.3 is 20.1 Å². The fourth-order valence-corrected chi connectivity index (χ4v) is 5.93. The number of amides is 2. The van der Waals surface area contributed by atoms with Crippen LogP contribution >= 0.6 is 0 Å². The third-order valence-electron chi connectivity index (χ3n) is 7.90. The molecule has 2 aliphatic heterocycles. The smallest absolute Gasteiger partial charge is 0.369 e. The number of benzene rings is 3. The minimum Gasteiger partial charge on any atom is -0.369 e. The number of para-hydroxylation sites is 1. The number of rotatable bonds is 5. The third kappa shape index (κ3) is 5.75. The Hall–Kier alpha value is -4.93. The van der Waals surface area contributed by atoms with E-state index in [1.807, 2.05) is 6.07 Å². The maximum absolute atomic E-state index is 14.2. The van der Waals surface area contributed by atoms with E-state index in [9.17, 15) is 31.9 Å². The van der Waals surface area contributed by atoms with Gasteiger partial charge in [-0.1, -0.05) is 24.3 Å². The molecule has 220 valence electrons. The van der Waals surface area contributed by atoms with Gasteiger partial charge in [0.15, 0.2) is 0 Å². The Balaban J connectivity index is 1.34. The van der Waals surface area contributed by atoms with Gasteiger partial charge in [0.1, 0.15) is 5.82 Å². The van der Waals surface area contributed by atoms with Gasteiger partial charge in [-0.3, -0.25) is 14.4 Å². The quantitative estimate of drug-likeness (QED) is 0.274. The van der Waals surface area contributed by atoms with Gasteiger partial charge in [0.2, 0.25) is 0 Å². The molecule has 2 bridgehead atoms. The summed E-state index contributed by atoms with van der Waals surface area (Å²) >= 11 is 0. The zero-order valence-electron chi connectivity index (χ0n) is 22.7. The number of nitrogens with one attached hydrogen (secondary N) is 2. The number of alkyl halides is 3. The first-order valence-electron chi connectivity index (χ1n) is 13.7. The summed E-state index contributed by atoms with van der Waals surface area (Å²) in [6.07, 6.45) is -3.75. The Labute approximate surface area is 243 Å². The van der Waals surface area contributed by atoms with E-state index in [2.05, 4.69) is 15.5 Å². The van der Waals surface area contributed by atoms with E-state index in [1.54, 1.807) is 28.8 Å². The Morgan fingerprint density at radius 3 is 2.26 bits per heavy atom. The molecule has 7 nitrogen and oxygen atoms in total. The Morgan fingerprint density at radius 2 is 1.49 bits per heavy atom. The summed E-state index contributed by atoms with van der Waals surface area (Å²) in [4.78, 5) is 40.9. The number of aromatic nitrogens is 1. The molecule has 3 aromatic carbocycles. The van der Waals surface area contributed by atoms with E-state index in [0.29, 0.717) is 25.3 Å². The van der Waals surface area contributed by atoms with E-state index >= 15 is 0 Å². The molecule has 3 heterocycles. The molecule has 43 heavy (non-hydrogen) atoms. The summed E-state index contributed by atoms with van der Waals surface area (Å²) in [7, 11) is 0. The normalized spacial score (nSPS) is 17.6. The number of hydrogen-bond donors (Lipinski definition) is 2. The van der Waals surface area contributed by atoms with Crippen molar-refractivity contribution in [1.82, 2.24) is 4.57 Å². The first-order valence-corrected chi connectivity index (χ1v) is 13.7. The lowest BCUT2D eigenvalue weighted by atomic mass is 9.83. The van der Waals surface area contributed by atoms with Gasteiger partial charge in [-0.05, 0) is 66.9 Å². The lowest BCUT2D eigenvalue weighted by Gasteiger charge is -2.44. The van der Waals surface area contributed by atoms with Crippen molar-refractivity contribution >= 4 is 28.9 Å². The molecule has 0 saturated carbocycles. The van der Waals surface area contributed by atoms with Crippen molar-refractivity contribution in [2.45, 2.75) is 25.1 Å². The third-order valence-corrected chi connectivity index (χ3v) is 7.90. The standard InChI is InChI=1S/C32H26F4N4O3/c33-24-7-1-2-8-25(24)37-31(43)21-11-12-28(26(15-21)38-30(42)20-5-3-6-23(14-20)32(34,35)36)39-16-19-13-22(18-39)27-9-4-10-29(41)40(27)17-19/h1-12,14-15,19,22H,13,16-18H2,(H,37,43)(H,38,42). The predicted octanol–water partition coefficient (Wildman–Crippen LogP) is 6.13. The van der Waals surface area contributed by atoms with E-state index < -0.39 is 29.4 Å². The van der Waals surface area contributed by atoms with Crippen LogP contribution in [0.2, 0.25) is 0 Å². The Morgan fingerprint density at radius 1 is 0.767 bits per heavy atom. The zero-order valence-corrected chi connectivity index (χ0v) is 22.7. The van der Waals surface area contributed by atoms with Crippen LogP contribution in [-0.4, -0.2) is 29.5 Å². The molecule has 2 unspecified atom stereocenters. The zero-order chi connectivity index (χ0) is 30.3. The van der Waals surface area contributed by atoms with E-state index in [0.717, 1.165) is 30.3 Å². The number of pyridine rings is 1. The van der Waals surface area contributed by atoms with Crippen molar-refractivity contribution in [3.05, 3.63) is 123 Å². The van der Waals surface area contributed by atoms with Crippen LogP contribution in [-0.2, 0) is 12.7 Å². The highest BCUT2D eigenvalue weighted by molar-refractivity contribution is 6.09. The predicted molar refractivity (Wildman–Crippen MR) is 154 cm³/mol. The van der Waals surface area contributed by atoms with Gasteiger partial charge in [0.25, 0.3) is 17.4 Å². The molecule has 2 aliphatic rings. The van der Waals surface area contributed by atoms with Gasteiger partial charge in [0, 0.05) is 48.4 Å². The lowest BCUT2D eigenvalue weighted by molar-refractivity contribution is -0.137. The summed E-state index contributed by atoms with van der Waals surface area (Å²) in [6.45, 7) is 1.62. The molecule has 0 aliphatic carbocycles. The fourth-order valence-electron chi connectivity index (χ4n) is 5.93. The molecular weight excluding hydrogens is 564 g/mol. The minimum atomic E-state index is -4.63. The van der Waals surface area contributed by atoms with Crippen molar-refractivity contribution in [3.8, 4) is 0 Å². The number of carbonyl (C=O) groups excluding carboxylic acids is 2.